The minimum Gasteiger partial charge on any atom is -0.495 e. The summed E-state index contributed by atoms with van der Waals surface area (Å²) in [5.41, 5.74) is 2.22. The van der Waals surface area contributed by atoms with Crippen molar-refractivity contribution in [2.45, 2.75) is 6.54 Å². The van der Waals surface area contributed by atoms with Crippen LogP contribution in [0, 0.1) is 0 Å². The molecule has 0 aliphatic heterocycles. The molecule has 0 saturated heterocycles. The van der Waals surface area contributed by atoms with Crippen molar-refractivity contribution in [1.82, 2.24) is 14.7 Å². The molecule has 0 fully saturated rings. The molecule has 0 saturated carbocycles. The van der Waals surface area contributed by atoms with E-state index in [4.69, 9.17) is 4.74 Å². The van der Waals surface area contributed by atoms with Gasteiger partial charge in [0, 0.05) is 17.4 Å². The normalized spacial score (nSPS) is 11.0. The number of nitrogens with one attached hydrogen (secondary N) is 1. The molecule has 3 aromatic heterocycles. The molecule has 24 heavy (non-hydrogen) atoms. The molecule has 1 amide bonds. The number of thiophene rings is 1. The summed E-state index contributed by atoms with van der Waals surface area (Å²) in [6, 6.07) is 11.8. The molecule has 4 rings (SSSR count). The highest BCUT2D eigenvalue weighted by Gasteiger charge is 2.12. The maximum absolute atomic E-state index is 12.4. The third-order valence-electron chi connectivity index (χ3n) is 3.89. The van der Waals surface area contributed by atoms with Gasteiger partial charge in [-0.1, -0.05) is 18.2 Å². The van der Waals surface area contributed by atoms with Gasteiger partial charge in [-0.15, -0.1) is 11.3 Å². The van der Waals surface area contributed by atoms with Gasteiger partial charge in [-0.3, -0.25) is 4.79 Å². The second-order valence-corrected chi connectivity index (χ2v) is 6.31. The maximum Gasteiger partial charge on any atom is 0.271 e. The fourth-order valence-corrected chi connectivity index (χ4v) is 3.60. The third kappa shape index (κ3) is 2.61. The molecular weight excluding hydrogens is 322 g/mol. The topological polar surface area (TPSA) is 55.6 Å². The van der Waals surface area contributed by atoms with Gasteiger partial charge in [-0.25, -0.2) is 4.98 Å². The predicted molar refractivity (Wildman–Crippen MR) is 94.7 cm³/mol. The number of methoxy groups -OCH3 is 1. The van der Waals surface area contributed by atoms with Crippen LogP contribution in [0.1, 0.15) is 16.1 Å². The first-order chi connectivity index (χ1) is 11.7. The molecule has 3 heterocycles. The van der Waals surface area contributed by atoms with Gasteiger partial charge in [0.2, 0.25) is 0 Å². The van der Waals surface area contributed by atoms with Crippen molar-refractivity contribution < 1.29 is 9.53 Å². The number of fused-ring (bicyclic) bond motifs is 2. The molecule has 1 aromatic carbocycles. The first kappa shape index (κ1) is 14.7. The van der Waals surface area contributed by atoms with E-state index in [1.165, 1.54) is 10.1 Å². The molecule has 5 nitrogen and oxygen atoms in total. The fourth-order valence-electron chi connectivity index (χ4n) is 2.64. The fraction of sp³-hybridized carbons (Fsp3) is 0.111. The number of carbonyl (C=O) groups is 1. The van der Waals surface area contributed by atoms with Crippen molar-refractivity contribution in [3.63, 3.8) is 0 Å². The van der Waals surface area contributed by atoms with Crippen molar-refractivity contribution in [2.75, 3.05) is 7.11 Å². The lowest BCUT2D eigenvalue weighted by molar-refractivity contribution is 0.0946. The van der Waals surface area contributed by atoms with E-state index in [0.717, 1.165) is 11.3 Å². The van der Waals surface area contributed by atoms with Gasteiger partial charge in [0.1, 0.15) is 17.1 Å². The zero-order valence-electron chi connectivity index (χ0n) is 13.0. The van der Waals surface area contributed by atoms with Gasteiger partial charge in [-0.2, -0.15) is 0 Å². The number of aromatic nitrogens is 2. The molecular formula is C18H15N3O2S. The second-order valence-electron chi connectivity index (χ2n) is 5.40. The molecule has 0 unspecified atom stereocenters. The van der Waals surface area contributed by atoms with Gasteiger partial charge in [0.05, 0.1) is 13.3 Å². The van der Waals surface area contributed by atoms with Crippen LogP contribution in [0.3, 0.4) is 0 Å². The smallest absolute Gasteiger partial charge is 0.271 e. The first-order valence-corrected chi connectivity index (χ1v) is 8.38. The number of nitrogens with zero attached hydrogens (tertiary/aromatic N) is 2. The molecule has 0 radical (unpaired) electrons. The number of pyridine rings is 1. The molecule has 0 aliphatic carbocycles. The van der Waals surface area contributed by atoms with Gasteiger partial charge < -0.3 is 14.5 Å². The molecule has 6 heteroatoms. The minimum absolute atomic E-state index is 0.187. The Morgan fingerprint density at radius 3 is 3.00 bits per heavy atom. The number of amides is 1. The summed E-state index contributed by atoms with van der Waals surface area (Å²) in [7, 11) is 1.61. The number of imidazole rings is 1. The van der Waals surface area contributed by atoms with Crippen molar-refractivity contribution in [3.8, 4) is 5.75 Å². The zero-order chi connectivity index (χ0) is 16.5. The lowest BCUT2D eigenvalue weighted by atomic mass is 10.2. The quantitative estimate of drug-likeness (QED) is 0.620. The zero-order valence-corrected chi connectivity index (χ0v) is 13.8. The van der Waals surface area contributed by atoms with Gasteiger partial charge in [0.25, 0.3) is 5.91 Å². The van der Waals surface area contributed by atoms with E-state index in [1.54, 1.807) is 35.2 Å². The standard InChI is InChI=1S/C18H15N3O2S/c1-23-13-6-7-17-20-15(10-21(17)9-13)18(22)19-8-12-11-24-16-5-3-2-4-14(12)16/h2-7,9-11H,8H2,1H3,(H,19,22). The Labute approximate surface area is 142 Å². The number of carbonyl (C=O) groups excluding carboxylic acids is 1. The SMILES string of the molecule is COc1ccc2nc(C(=O)NCc3csc4ccccc34)cn2c1. The van der Waals surface area contributed by atoms with Crippen molar-refractivity contribution in [1.29, 1.82) is 0 Å². The molecule has 0 bridgehead atoms. The largest absolute Gasteiger partial charge is 0.495 e. The number of hydrogen-bond donors (Lipinski definition) is 1. The Morgan fingerprint density at radius 2 is 2.12 bits per heavy atom. The van der Waals surface area contributed by atoms with Crippen LogP contribution in [0.5, 0.6) is 5.75 Å². The van der Waals surface area contributed by atoms with E-state index in [0.29, 0.717) is 17.9 Å². The lowest BCUT2D eigenvalue weighted by Gasteiger charge is -2.02. The molecule has 0 spiro atoms. The highest BCUT2D eigenvalue weighted by Crippen LogP contribution is 2.25. The van der Waals surface area contributed by atoms with Crippen LogP contribution >= 0.6 is 11.3 Å². The van der Waals surface area contributed by atoms with E-state index in [2.05, 4.69) is 27.8 Å². The first-order valence-electron chi connectivity index (χ1n) is 7.50. The van der Waals surface area contributed by atoms with Crippen LogP contribution in [0.4, 0.5) is 0 Å². The highest BCUT2D eigenvalue weighted by atomic mass is 32.1. The monoisotopic (exact) mass is 337 g/mol. The molecule has 4 aromatic rings. The van der Waals surface area contributed by atoms with Crippen molar-refractivity contribution in [3.05, 3.63) is 65.4 Å². The van der Waals surface area contributed by atoms with E-state index in [-0.39, 0.29) is 5.91 Å². The van der Waals surface area contributed by atoms with Crippen molar-refractivity contribution >= 4 is 33.0 Å². The second kappa shape index (κ2) is 5.98. The van der Waals surface area contributed by atoms with Gasteiger partial charge in [0.15, 0.2) is 0 Å². The van der Waals surface area contributed by atoms with E-state index >= 15 is 0 Å². The Morgan fingerprint density at radius 1 is 1.25 bits per heavy atom. The van der Waals surface area contributed by atoms with Crippen molar-refractivity contribution in [2.24, 2.45) is 0 Å². The predicted octanol–water partition coefficient (Wildman–Crippen LogP) is 3.49. The lowest BCUT2D eigenvalue weighted by Crippen LogP contribution is -2.22. The maximum atomic E-state index is 12.4. The van der Waals surface area contributed by atoms with Crippen LogP contribution in [-0.4, -0.2) is 22.4 Å². The van der Waals surface area contributed by atoms with Crippen LogP contribution < -0.4 is 10.1 Å². The third-order valence-corrected chi connectivity index (χ3v) is 4.91. The summed E-state index contributed by atoms with van der Waals surface area (Å²) in [5, 5.41) is 6.21. The summed E-state index contributed by atoms with van der Waals surface area (Å²) in [5.74, 6) is 0.532. The van der Waals surface area contributed by atoms with E-state index < -0.39 is 0 Å². The molecule has 1 N–H and O–H groups in total. The van der Waals surface area contributed by atoms with E-state index in [1.807, 2.05) is 24.3 Å². The minimum atomic E-state index is -0.187. The summed E-state index contributed by atoms with van der Waals surface area (Å²) < 4.78 is 8.19. The molecule has 120 valence electrons. The van der Waals surface area contributed by atoms with Gasteiger partial charge >= 0.3 is 0 Å². The Hall–Kier alpha value is -2.86. The average molecular weight is 337 g/mol. The summed E-state index contributed by atoms with van der Waals surface area (Å²) in [4.78, 5) is 16.7. The Bertz CT molecular complexity index is 1040. The Kier molecular flexibility index (Phi) is 3.66. The van der Waals surface area contributed by atoms with Crippen LogP contribution in [-0.2, 0) is 6.54 Å². The number of rotatable bonds is 4. The highest BCUT2D eigenvalue weighted by molar-refractivity contribution is 7.17. The van der Waals surface area contributed by atoms with Gasteiger partial charge in [-0.05, 0) is 34.5 Å². The summed E-state index contributed by atoms with van der Waals surface area (Å²) in [6.07, 6.45) is 3.50. The Balaban J connectivity index is 1.53. The van der Waals surface area contributed by atoms with Crippen LogP contribution in [0.2, 0.25) is 0 Å². The number of hydrogen-bond acceptors (Lipinski definition) is 4. The summed E-state index contributed by atoms with van der Waals surface area (Å²) >= 11 is 1.68. The van der Waals surface area contributed by atoms with Crippen LogP contribution in [0.15, 0.2) is 54.2 Å². The van der Waals surface area contributed by atoms with Crippen LogP contribution in [0.25, 0.3) is 15.7 Å². The molecule has 0 aliphatic rings. The summed E-state index contributed by atoms with van der Waals surface area (Å²) in [6.45, 7) is 0.486. The molecule has 0 atom stereocenters. The van der Waals surface area contributed by atoms with E-state index in [9.17, 15) is 4.79 Å². The average Bonchev–Trinajstić information content (AvgIpc) is 3.23. The number of benzene rings is 1. The number of ether oxygens (including phenoxy) is 1.